The first-order valence-corrected chi connectivity index (χ1v) is 4.44. The zero-order chi connectivity index (χ0) is 9.40. The van der Waals surface area contributed by atoms with Crippen LogP contribution in [0.15, 0.2) is 11.6 Å². The SMILES string of the molecule is C/C=C(/C)CC(C)CCNC#N. The first-order valence-electron chi connectivity index (χ1n) is 4.44. The van der Waals surface area contributed by atoms with Gasteiger partial charge in [0.1, 0.15) is 0 Å². The van der Waals surface area contributed by atoms with Gasteiger partial charge in [-0.25, -0.2) is 0 Å². The van der Waals surface area contributed by atoms with Crippen LogP contribution in [0.3, 0.4) is 0 Å². The molecule has 68 valence electrons. The van der Waals surface area contributed by atoms with Crippen molar-refractivity contribution < 1.29 is 0 Å². The average molecular weight is 166 g/mol. The fourth-order valence-corrected chi connectivity index (χ4v) is 1.14. The van der Waals surface area contributed by atoms with Crippen LogP contribution in [-0.4, -0.2) is 6.54 Å². The van der Waals surface area contributed by atoms with Crippen molar-refractivity contribution in [2.75, 3.05) is 6.54 Å². The summed E-state index contributed by atoms with van der Waals surface area (Å²) in [6.45, 7) is 7.23. The van der Waals surface area contributed by atoms with E-state index in [1.165, 1.54) is 5.57 Å². The lowest BCUT2D eigenvalue weighted by Gasteiger charge is -2.09. The summed E-state index contributed by atoms with van der Waals surface area (Å²) in [5.74, 6) is 0.669. The van der Waals surface area contributed by atoms with Crippen molar-refractivity contribution in [3.63, 3.8) is 0 Å². The molecule has 0 saturated carbocycles. The van der Waals surface area contributed by atoms with Crippen molar-refractivity contribution in [1.29, 1.82) is 5.26 Å². The number of nitrogens with zero attached hydrogens (tertiary/aromatic N) is 1. The van der Waals surface area contributed by atoms with Crippen molar-refractivity contribution in [2.24, 2.45) is 5.92 Å². The van der Waals surface area contributed by atoms with Crippen LogP contribution in [0.25, 0.3) is 0 Å². The largest absolute Gasteiger partial charge is 0.324 e. The van der Waals surface area contributed by atoms with Gasteiger partial charge in [0.2, 0.25) is 0 Å². The van der Waals surface area contributed by atoms with Crippen molar-refractivity contribution in [3.05, 3.63) is 11.6 Å². The Balaban J connectivity index is 3.47. The summed E-state index contributed by atoms with van der Waals surface area (Å²) in [7, 11) is 0. The number of rotatable bonds is 5. The fourth-order valence-electron chi connectivity index (χ4n) is 1.14. The molecule has 2 nitrogen and oxygen atoms in total. The second kappa shape index (κ2) is 6.72. The van der Waals surface area contributed by atoms with E-state index in [9.17, 15) is 0 Å². The Morgan fingerprint density at radius 1 is 1.67 bits per heavy atom. The highest BCUT2D eigenvalue weighted by molar-refractivity contribution is 4.96. The van der Waals surface area contributed by atoms with Crippen molar-refractivity contribution in [3.8, 4) is 6.19 Å². The molecule has 1 atom stereocenters. The Morgan fingerprint density at radius 2 is 2.33 bits per heavy atom. The monoisotopic (exact) mass is 166 g/mol. The topological polar surface area (TPSA) is 35.8 Å². The van der Waals surface area contributed by atoms with Gasteiger partial charge in [0.25, 0.3) is 0 Å². The van der Waals surface area contributed by atoms with Gasteiger partial charge in [-0.2, -0.15) is 5.26 Å². The minimum Gasteiger partial charge on any atom is -0.324 e. The van der Waals surface area contributed by atoms with Crippen LogP contribution in [-0.2, 0) is 0 Å². The van der Waals surface area contributed by atoms with E-state index in [4.69, 9.17) is 5.26 Å². The zero-order valence-corrected chi connectivity index (χ0v) is 8.22. The molecule has 0 aromatic carbocycles. The molecule has 0 aliphatic heterocycles. The second-order valence-electron chi connectivity index (χ2n) is 3.27. The number of hydrogen-bond acceptors (Lipinski definition) is 2. The van der Waals surface area contributed by atoms with Gasteiger partial charge in [0.15, 0.2) is 6.19 Å². The number of hydrogen-bond donors (Lipinski definition) is 1. The summed E-state index contributed by atoms with van der Waals surface area (Å²) < 4.78 is 0. The van der Waals surface area contributed by atoms with Crippen molar-refractivity contribution >= 4 is 0 Å². The molecule has 0 heterocycles. The minimum atomic E-state index is 0.669. The van der Waals surface area contributed by atoms with Crippen LogP contribution in [0.5, 0.6) is 0 Å². The van der Waals surface area contributed by atoms with Crippen molar-refractivity contribution in [1.82, 2.24) is 5.32 Å². The van der Waals surface area contributed by atoms with E-state index >= 15 is 0 Å². The second-order valence-corrected chi connectivity index (χ2v) is 3.27. The zero-order valence-electron chi connectivity index (χ0n) is 8.22. The Bertz CT molecular complexity index is 177. The van der Waals surface area contributed by atoms with Gasteiger partial charge in [-0.3, -0.25) is 0 Å². The summed E-state index contributed by atoms with van der Waals surface area (Å²) in [4.78, 5) is 0. The molecule has 0 aromatic rings. The Kier molecular flexibility index (Phi) is 6.18. The molecule has 0 aliphatic carbocycles. The lowest BCUT2D eigenvalue weighted by Crippen LogP contribution is -2.11. The molecule has 0 aliphatic rings. The molecule has 0 saturated heterocycles. The standard InChI is InChI=1S/C10H18N2/c1-4-9(2)7-10(3)5-6-12-8-11/h4,10,12H,5-7H2,1-3H3/b9-4-. The van der Waals surface area contributed by atoms with E-state index in [2.05, 4.69) is 32.2 Å². The van der Waals surface area contributed by atoms with Crippen LogP contribution in [0.1, 0.15) is 33.6 Å². The maximum atomic E-state index is 8.23. The molecular formula is C10H18N2. The Hall–Kier alpha value is -0.970. The summed E-state index contributed by atoms with van der Waals surface area (Å²) in [6, 6.07) is 0. The molecular weight excluding hydrogens is 148 g/mol. The highest BCUT2D eigenvalue weighted by atomic mass is 14.8. The number of allylic oxidation sites excluding steroid dienone is 2. The van der Waals surface area contributed by atoms with E-state index in [1.54, 1.807) is 0 Å². The van der Waals surface area contributed by atoms with Crippen molar-refractivity contribution in [2.45, 2.75) is 33.6 Å². The summed E-state index contributed by atoms with van der Waals surface area (Å²) in [5.41, 5.74) is 1.43. The third-order valence-corrected chi connectivity index (χ3v) is 2.00. The van der Waals surface area contributed by atoms with Gasteiger partial charge in [0.05, 0.1) is 0 Å². The molecule has 0 spiro atoms. The van der Waals surface area contributed by atoms with Crippen LogP contribution < -0.4 is 5.32 Å². The summed E-state index contributed by atoms with van der Waals surface area (Å²) in [5, 5.41) is 10.9. The Labute approximate surface area is 75.3 Å². The third kappa shape index (κ3) is 5.79. The first kappa shape index (κ1) is 11.0. The minimum absolute atomic E-state index is 0.669. The lowest BCUT2D eigenvalue weighted by molar-refractivity contribution is 0.520. The van der Waals surface area contributed by atoms with Gasteiger partial charge in [0, 0.05) is 6.54 Å². The molecule has 1 N–H and O–H groups in total. The van der Waals surface area contributed by atoms with Gasteiger partial charge >= 0.3 is 0 Å². The normalized spacial score (nSPS) is 13.7. The Morgan fingerprint density at radius 3 is 2.83 bits per heavy atom. The van der Waals surface area contributed by atoms with Crippen LogP contribution in [0, 0.1) is 17.4 Å². The molecule has 2 heteroatoms. The van der Waals surface area contributed by atoms with Gasteiger partial charge in [-0.05, 0) is 32.6 Å². The smallest absolute Gasteiger partial charge is 0.176 e. The fraction of sp³-hybridized carbons (Fsp3) is 0.700. The van der Waals surface area contributed by atoms with E-state index < -0.39 is 0 Å². The predicted molar refractivity (Wildman–Crippen MR) is 51.4 cm³/mol. The molecule has 1 unspecified atom stereocenters. The van der Waals surface area contributed by atoms with Crippen LogP contribution in [0.2, 0.25) is 0 Å². The number of nitriles is 1. The highest BCUT2D eigenvalue weighted by Crippen LogP contribution is 2.13. The van der Waals surface area contributed by atoms with E-state index in [1.807, 2.05) is 6.19 Å². The lowest BCUT2D eigenvalue weighted by atomic mass is 9.99. The maximum Gasteiger partial charge on any atom is 0.176 e. The molecule has 0 amide bonds. The maximum absolute atomic E-state index is 8.23. The molecule has 0 fully saturated rings. The number of nitrogens with one attached hydrogen (secondary N) is 1. The molecule has 0 aromatic heterocycles. The van der Waals surface area contributed by atoms with Gasteiger partial charge in [-0.1, -0.05) is 18.6 Å². The van der Waals surface area contributed by atoms with Gasteiger partial charge in [-0.15, -0.1) is 0 Å². The van der Waals surface area contributed by atoms with Gasteiger partial charge < -0.3 is 5.32 Å². The average Bonchev–Trinajstić information content (AvgIpc) is 2.05. The predicted octanol–water partition coefficient (Wildman–Crippen LogP) is 2.44. The first-order chi connectivity index (χ1) is 5.70. The quantitative estimate of drug-likeness (QED) is 0.295. The van der Waals surface area contributed by atoms with Crippen LogP contribution in [0.4, 0.5) is 0 Å². The molecule has 0 bridgehead atoms. The molecule has 0 rings (SSSR count). The highest BCUT2D eigenvalue weighted by Gasteiger charge is 2.01. The summed E-state index contributed by atoms with van der Waals surface area (Å²) >= 11 is 0. The third-order valence-electron chi connectivity index (χ3n) is 2.00. The van der Waals surface area contributed by atoms with Crippen LogP contribution >= 0.6 is 0 Å². The molecule has 0 radical (unpaired) electrons. The van der Waals surface area contributed by atoms with E-state index in [0.29, 0.717) is 5.92 Å². The summed E-state index contributed by atoms with van der Waals surface area (Å²) in [6.07, 6.45) is 6.28. The molecule has 12 heavy (non-hydrogen) atoms. The van der Waals surface area contributed by atoms with E-state index in [0.717, 1.165) is 19.4 Å². The van der Waals surface area contributed by atoms with E-state index in [-0.39, 0.29) is 0 Å².